The minimum Gasteiger partial charge on any atom is -0.360 e. The molecule has 0 saturated carbocycles. The van der Waals surface area contributed by atoms with Crippen LogP contribution in [0.4, 0.5) is 5.13 Å². The molecule has 0 spiro atoms. The average Bonchev–Trinajstić information content (AvgIpc) is 2.62. The summed E-state index contributed by atoms with van der Waals surface area (Å²) >= 11 is 3.45. The highest BCUT2D eigenvalue weighted by molar-refractivity contribution is 8.01. The fourth-order valence-electron chi connectivity index (χ4n) is 0.876. The molecule has 0 aromatic carbocycles. The molecule has 0 bridgehead atoms. The Hall–Kier alpha value is -0.290. The molecule has 1 N–H and O–H groups in total. The maximum Gasteiger partial charge on any atom is 0.206 e. The van der Waals surface area contributed by atoms with E-state index in [9.17, 15) is 0 Å². The maximum absolute atomic E-state index is 4.15. The Kier molecular flexibility index (Phi) is 5.39. The molecular formula is C10H19N3S2. The van der Waals surface area contributed by atoms with Crippen LogP contribution < -0.4 is 5.32 Å². The molecule has 86 valence electrons. The maximum atomic E-state index is 4.15. The molecule has 1 unspecified atom stereocenters. The molecule has 0 fully saturated rings. The molecule has 1 heterocycles. The molecule has 1 rings (SSSR count). The van der Waals surface area contributed by atoms with E-state index in [1.165, 1.54) is 6.42 Å². The number of thioether (sulfide) groups is 1. The van der Waals surface area contributed by atoms with Crippen LogP contribution in [0.2, 0.25) is 0 Å². The number of nitrogens with one attached hydrogen (secondary N) is 1. The van der Waals surface area contributed by atoms with Crippen LogP contribution in [-0.2, 0) is 0 Å². The highest BCUT2D eigenvalue weighted by Gasteiger charge is 2.08. The lowest BCUT2D eigenvalue weighted by molar-refractivity contribution is 0.687. The van der Waals surface area contributed by atoms with Crippen molar-refractivity contribution in [1.82, 2.24) is 10.2 Å². The van der Waals surface area contributed by atoms with Crippen molar-refractivity contribution in [3.05, 3.63) is 0 Å². The molecule has 0 saturated heterocycles. The van der Waals surface area contributed by atoms with Crippen LogP contribution in [0.15, 0.2) is 4.34 Å². The summed E-state index contributed by atoms with van der Waals surface area (Å²) in [5.41, 5.74) is 0. The molecule has 0 amide bonds. The van der Waals surface area contributed by atoms with E-state index < -0.39 is 0 Å². The van der Waals surface area contributed by atoms with Gasteiger partial charge in [0, 0.05) is 11.8 Å². The van der Waals surface area contributed by atoms with Gasteiger partial charge in [-0.05, 0) is 12.3 Å². The van der Waals surface area contributed by atoms with E-state index in [1.807, 2.05) is 0 Å². The van der Waals surface area contributed by atoms with Crippen molar-refractivity contribution in [2.45, 2.75) is 43.7 Å². The lowest BCUT2D eigenvalue weighted by Gasteiger charge is -2.04. The molecule has 1 atom stereocenters. The van der Waals surface area contributed by atoms with E-state index in [4.69, 9.17) is 0 Å². The first kappa shape index (κ1) is 12.8. The second-order valence-electron chi connectivity index (χ2n) is 3.98. The first-order valence-corrected chi connectivity index (χ1v) is 7.05. The first-order chi connectivity index (χ1) is 7.11. The topological polar surface area (TPSA) is 37.8 Å². The second-order valence-corrected chi connectivity index (χ2v) is 6.65. The van der Waals surface area contributed by atoms with Crippen LogP contribution in [0, 0.1) is 5.92 Å². The van der Waals surface area contributed by atoms with Gasteiger partial charge in [0.15, 0.2) is 4.34 Å². The van der Waals surface area contributed by atoms with E-state index in [-0.39, 0.29) is 0 Å². The zero-order valence-electron chi connectivity index (χ0n) is 9.78. The van der Waals surface area contributed by atoms with Gasteiger partial charge in [0.1, 0.15) is 0 Å². The number of rotatable bonds is 6. The Morgan fingerprint density at radius 3 is 2.67 bits per heavy atom. The zero-order valence-corrected chi connectivity index (χ0v) is 11.4. The van der Waals surface area contributed by atoms with Gasteiger partial charge >= 0.3 is 0 Å². The molecule has 5 heteroatoms. The molecule has 0 aliphatic heterocycles. The molecule has 0 aliphatic rings. The summed E-state index contributed by atoms with van der Waals surface area (Å²) in [6.07, 6.45) is 1.17. The van der Waals surface area contributed by atoms with Crippen molar-refractivity contribution >= 4 is 28.2 Å². The third kappa shape index (κ3) is 4.84. The number of aromatic nitrogens is 2. The largest absolute Gasteiger partial charge is 0.360 e. The minimum absolute atomic E-state index is 0.621. The number of nitrogens with zero attached hydrogens (tertiary/aromatic N) is 2. The Bertz CT molecular complexity index is 286. The average molecular weight is 245 g/mol. The van der Waals surface area contributed by atoms with E-state index in [1.54, 1.807) is 23.1 Å². The van der Waals surface area contributed by atoms with Crippen molar-refractivity contribution < 1.29 is 0 Å². The van der Waals surface area contributed by atoms with Crippen LogP contribution in [0.5, 0.6) is 0 Å². The third-order valence-corrected chi connectivity index (χ3v) is 4.18. The predicted octanol–water partition coefficient (Wildman–Crippen LogP) is 3.50. The highest BCUT2D eigenvalue weighted by Crippen LogP contribution is 2.29. The molecule has 1 aromatic heterocycles. The summed E-state index contributed by atoms with van der Waals surface area (Å²) in [4.78, 5) is 0. The van der Waals surface area contributed by atoms with Gasteiger partial charge in [0.25, 0.3) is 0 Å². The normalized spacial score (nSPS) is 13.1. The second kappa shape index (κ2) is 6.33. The van der Waals surface area contributed by atoms with Gasteiger partial charge in [-0.3, -0.25) is 0 Å². The fourth-order valence-corrected chi connectivity index (χ4v) is 2.88. The Morgan fingerprint density at radius 2 is 2.07 bits per heavy atom. The monoisotopic (exact) mass is 245 g/mol. The Morgan fingerprint density at radius 1 is 1.33 bits per heavy atom. The van der Waals surface area contributed by atoms with Gasteiger partial charge in [-0.2, -0.15) is 0 Å². The minimum atomic E-state index is 0.621. The molecule has 1 aromatic rings. The number of anilines is 1. The molecule has 0 radical (unpaired) electrons. The SMILES string of the molecule is CCC(C)Sc1nnc(NCC(C)C)s1. The number of hydrogen-bond donors (Lipinski definition) is 1. The van der Waals surface area contributed by atoms with Gasteiger partial charge in [-0.15, -0.1) is 10.2 Å². The van der Waals surface area contributed by atoms with Gasteiger partial charge < -0.3 is 5.32 Å². The van der Waals surface area contributed by atoms with Crippen molar-refractivity contribution in [1.29, 1.82) is 0 Å². The highest BCUT2D eigenvalue weighted by atomic mass is 32.2. The summed E-state index contributed by atoms with van der Waals surface area (Å²) in [7, 11) is 0. The van der Waals surface area contributed by atoms with E-state index in [2.05, 4.69) is 43.2 Å². The summed E-state index contributed by atoms with van der Waals surface area (Å²) in [5, 5.41) is 13.1. The Balaban J connectivity index is 2.42. The quantitative estimate of drug-likeness (QED) is 0.778. The van der Waals surface area contributed by atoms with Crippen molar-refractivity contribution in [3.8, 4) is 0 Å². The smallest absolute Gasteiger partial charge is 0.206 e. The standard InChI is InChI=1S/C10H19N3S2/c1-5-8(4)14-10-13-12-9(15-10)11-6-7(2)3/h7-8H,5-6H2,1-4H3,(H,11,12). The molecular weight excluding hydrogens is 226 g/mol. The summed E-state index contributed by atoms with van der Waals surface area (Å²) in [6.45, 7) is 9.73. The van der Waals surface area contributed by atoms with Crippen LogP contribution in [0.1, 0.15) is 34.1 Å². The summed E-state index contributed by atoms with van der Waals surface area (Å²) in [5.74, 6) is 0.638. The predicted molar refractivity (Wildman–Crippen MR) is 68.8 cm³/mol. The van der Waals surface area contributed by atoms with Gasteiger partial charge in [-0.25, -0.2) is 0 Å². The zero-order chi connectivity index (χ0) is 11.3. The number of hydrogen-bond acceptors (Lipinski definition) is 5. The third-order valence-electron chi connectivity index (χ3n) is 1.94. The van der Waals surface area contributed by atoms with Crippen LogP contribution in [0.25, 0.3) is 0 Å². The van der Waals surface area contributed by atoms with Crippen molar-refractivity contribution in [2.75, 3.05) is 11.9 Å². The van der Waals surface area contributed by atoms with Crippen LogP contribution in [-0.4, -0.2) is 22.0 Å². The molecule has 0 aliphatic carbocycles. The fraction of sp³-hybridized carbons (Fsp3) is 0.800. The van der Waals surface area contributed by atoms with Crippen LogP contribution in [0.3, 0.4) is 0 Å². The van der Waals surface area contributed by atoms with Crippen molar-refractivity contribution in [3.63, 3.8) is 0 Å². The lowest BCUT2D eigenvalue weighted by Crippen LogP contribution is -2.07. The van der Waals surface area contributed by atoms with Crippen molar-refractivity contribution in [2.24, 2.45) is 5.92 Å². The first-order valence-electron chi connectivity index (χ1n) is 5.35. The van der Waals surface area contributed by atoms with Gasteiger partial charge in [-0.1, -0.05) is 50.8 Å². The molecule has 3 nitrogen and oxygen atoms in total. The van der Waals surface area contributed by atoms with E-state index >= 15 is 0 Å². The summed E-state index contributed by atoms with van der Waals surface area (Å²) in [6, 6.07) is 0. The summed E-state index contributed by atoms with van der Waals surface area (Å²) < 4.78 is 1.07. The van der Waals surface area contributed by atoms with E-state index in [0.29, 0.717) is 11.2 Å². The lowest BCUT2D eigenvalue weighted by atomic mass is 10.2. The van der Waals surface area contributed by atoms with E-state index in [0.717, 1.165) is 16.0 Å². The Labute approximate surface area is 100 Å². The molecule has 15 heavy (non-hydrogen) atoms. The van der Waals surface area contributed by atoms with Gasteiger partial charge in [0.05, 0.1) is 0 Å². The van der Waals surface area contributed by atoms with Crippen LogP contribution >= 0.6 is 23.1 Å². The van der Waals surface area contributed by atoms with Gasteiger partial charge in [0.2, 0.25) is 5.13 Å².